The van der Waals surface area contributed by atoms with Gasteiger partial charge in [0.2, 0.25) is 0 Å². The molecule has 0 aliphatic carbocycles. The van der Waals surface area contributed by atoms with E-state index in [2.05, 4.69) is 45.5 Å². The summed E-state index contributed by atoms with van der Waals surface area (Å²) in [7, 11) is 0. The first-order valence-corrected chi connectivity index (χ1v) is 6.21. The SMILES string of the molecule is C=C(C)c1cc(C(C)(C)C)nn1-c1ccccc1. The van der Waals surface area contributed by atoms with Crippen LogP contribution in [0.5, 0.6) is 0 Å². The van der Waals surface area contributed by atoms with E-state index in [0.29, 0.717) is 0 Å². The lowest BCUT2D eigenvalue weighted by molar-refractivity contribution is 0.560. The minimum absolute atomic E-state index is 0.0459. The van der Waals surface area contributed by atoms with E-state index < -0.39 is 0 Å². The van der Waals surface area contributed by atoms with Crippen LogP contribution in [0.3, 0.4) is 0 Å². The molecule has 0 aliphatic heterocycles. The second kappa shape index (κ2) is 4.45. The summed E-state index contributed by atoms with van der Waals surface area (Å²) >= 11 is 0. The Hall–Kier alpha value is -1.83. The summed E-state index contributed by atoms with van der Waals surface area (Å²) in [6.07, 6.45) is 0. The molecular weight excluding hydrogens is 220 g/mol. The van der Waals surface area contributed by atoms with E-state index in [1.807, 2.05) is 29.8 Å². The van der Waals surface area contributed by atoms with Gasteiger partial charge in [0.1, 0.15) is 0 Å². The molecule has 0 unspecified atom stereocenters. The van der Waals surface area contributed by atoms with E-state index in [9.17, 15) is 0 Å². The van der Waals surface area contributed by atoms with Gasteiger partial charge >= 0.3 is 0 Å². The first kappa shape index (κ1) is 12.6. The summed E-state index contributed by atoms with van der Waals surface area (Å²) in [6, 6.07) is 12.3. The summed E-state index contributed by atoms with van der Waals surface area (Å²) in [5.74, 6) is 0. The average molecular weight is 240 g/mol. The van der Waals surface area contributed by atoms with Crippen LogP contribution in [0.15, 0.2) is 43.0 Å². The Bertz CT molecular complexity index is 557. The maximum absolute atomic E-state index is 4.73. The minimum atomic E-state index is 0.0459. The summed E-state index contributed by atoms with van der Waals surface area (Å²) in [4.78, 5) is 0. The molecule has 0 N–H and O–H groups in total. The zero-order chi connectivity index (χ0) is 13.3. The highest BCUT2D eigenvalue weighted by Crippen LogP contribution is 2.26. The highest BCUT2D eigenvalue weighted by molar-refractivity contribution is 5.61. The number of para-hydroxylation sites is 1. The van der Waals surface area contributed by atoms with Crippen molar-refractivity contribution in [1.29, 1.82) is 0 Å². The van der Waals surface area contributed by atoms with Crippen LogP contribution in [0.2, 0.25) is 0 Å². The molecule has 0 fully saturated rings. The molecule has 0 spiro atoms. The fraction of sp³-hybridized carbons (Fsp3) is 0.312. The summed E-state index contributed by atoms with van der Waals surface area (Å²) in [5, 5.41) is 4.73. The van der Waals surface area contributed by atoms with Crippen molar-refractivity contribution in [2.24, 2.45) is 0 Å². The molecule has 1 aromatic heterocycles. The Balaban J connectivity index is 2.60. The molecule has 1 heterocycles. The van der Waals surface area contributed by atoms with Gasteiger partial charge in [0.25, 0.3) is 0 Å². The van der Waals surface area contributed by atoms with Crippen LogP contribution >= 0.6 is 0 Å². The molecule has 2 rings (SSSR count). The molecular formula is C16H20N2. The Morgan fingerprint density at radius 3 is 2.28 bits per heavy atom. The van der Waals surface area contributed by atoms with E-state index >= 15 is 0 Å². The maximum atomic E-state index is 4.73. The number of rotatable bonds is 2. The Morgan fingerprint density at radius 2 is 1.78 bits per heavy atom. The van der Waals surface area contributed by atoms with Gasteiger partial charge in [0, 0.05) is 5.41 Å². The molecule has 0 saturated heterocycles. The largest absolute Gasteiger partial charge is 0.233 e. The lowest BCUT2D eigenvalue weighted by Crippen LogP contribution is -2.12. The van der Waals surface area contributed by atoms with Crippen molar-refractivity contribution in [3.8, 4) is 5.69 Å². The summed E-state index contributed by atoms with van der Waals surface area (Å²) < 4.78 is 1.98. The molecule has 94 valence electrons. The van der Waals surface area contributed by atoms with Crippen molar-refractivity contribution in [1.82, 2.24) is 9.78 Å². The molecule has 2 aromatic rings. The van der Waals surface area contributed by atoms with Gasteiger partial charge in [-0.1, -0.05) is 45.5 Å². The van der Waals surface area contributed by atoms with Crippen molar-refractivity contribution >= 4 is 5.57 Å². The number of allylic oxidation sites excluding steroid dienone is 1. The number of hydrogen-bond acceptors (Lipinski definition) is 1. The topological polar surface area (TPSA) is 17.8 Å². The third kappa shape index (κ3) is 2.37. The lowest BCUT2D eigenvalue weighted by Gasteiger charge is -2.14. The molecule has 1 aromatic carbocycles. The zero-order valence-corrected chi connectivity index (χ0v) is 11.6. The van der Waals surface area contributed by atoms with E-state index in [4.69, 9.17) is 5.10 Å². The molecule has 18 heavy (non-hydrogen) atoms. The zero-order valence-electron chi connectivity index (χ0n) is 11.6. The highest BCUT2D eigenvalue weighted by atomic mass is 15.3. The van der Waals surface area contributed by atoms with Crippen LogP contribution in [0.1, 0.15) is 39.1 Å². The van der Waals surface area contributed by atoms with Gasteiger partial charge in [0.15, 0.2) is 0 Å². The summed E-state index contributed by atoms with van der Waals surface area (Å²) in [5.41, 5.74) is 4.31. The van der Waals surface area contributed by atoms with Gasteiger partial charge in [-0.05, 0) is 30.7 Å². The first-order valence-electron chi connectivity index (χ1n) is 6.21. The third-order valence-corrected chi connectivity index (χ3v) is 2.92. The maximum Gasteiger partial charge on any atom is 0.0694 e. The molecule has 2 nitrogen and oxygen atoms in total. The number of aromatic nitrogens is 2. The molecule has 0 bridgehead atoms. The van der Waals surface area contributed by atoms with Gasteiger partial charge in [-0.25, -0.2) is 4.68 Å². The van der Waals surface area contributed by atoms with Crippen LogP contribution < -0.4 is 0 Å². The number of benzene rings is 1. The predicted molar refractivity (Wildman–Crippen MR) is 77.0 cm³/mol. The van der Waals surface area contributed by atoms with Gasteiger partial charge in [-0.15, -0.1) is 0 Å². The lowest BCUT2D eigenvalue weighted by atomic mass is 9.92. The van der Waals surface area contributed by atoms with Crippen LogP contribution in [-0.2, 0) is 5.41 Å². The fourth-order valence-corrected chi connectivity index (χ4v) is 1.82. The van der Waals surface area contributed by atoms with Crippen LogP contribution in [-0.4, -0.2) is 9.78 Å². The molecule has 2 heteroatoms. The van der Waals surface area contributed by atoms with Crippen LogP contribution in [0.4, 0.5) is 0 Å². The summed E-state index contributed by atoms with van der Waals surface area (Å²) in [6.45, 7) is 12.6. The van der Waals surface area contributed by atoms with Crippen molar-refractivity contribution in [3.05, 3.63) is 54.4 Å². The molecule has 0 saturated carbocycles. The Morgan fingerprint density at radius 1 is 1.17 bits per heavy atom. The van der Waals surface area contributed by atoms with Gasteiger partial charge in [0.05, 0.1) is 17.1 Å². The average Bonchev–Trinajstić information content (AvgIpc) is 2.74. The highest BCUT2D eigenvalue weighted by Gasteiger charge is 2.20. The number of nitrogens with zero attached hydrogens (tertiary/aromatic N) is 2. The molecule has 0 atom stereocenters. The molecule has 0 amide bonds. The second-order valence-electron chi connectivity index (χ2n) is 5.69. The van der Waals surface area contributed by atoms with E-state index in [-0.39, 0.29) is 5.41 Å². The van der Waals surface area contributed by atoms with E-state index in [1.165, 1.54) is 0 Å². The second-order valence-corrected chi connectivity index (χ2v) is 5.69. The van der Waals surface area contributed by atoms with Crippen molar-refractivity contribution in [2.75, 3.05) is 0 Å². The smallest absolute Gasteiger partial charge is 0.0694 e. The van der Waals surface area contributed by atoms with Crippen LogP contribution in [0.25, 0.3) is 11.3 Å². The van der Waals surface area contributed by atoms with Gasteiger partial charge in [-0.2, -0.15) is 5.10 Å². The van der Waals surface area contributed by atoms with E-state index in [1.54, 1.807) is 0 Å². The normalized spacial score (nSPS) is 11.6. The van der Waals surface area contributed by atoms with Gasteiger partial charge in [-0.3, -0.25) is 0 Å². The predicted octanol–water partition coefficient (Wildman–Crippen LogP) is 4.20. The number of hydrogen-bond donors (Lipinski definition) is 0. The van der Waals surface area contributed by atoms with Crippen molar-refractivity contribution in [3.63, 3.8) is 0 Å². The third-order valence-electron chi connectivity index (χ3n) is 2.92. The van der Waals surface area contributed by atoms with Gasteiger partial charge < -0.3 is 0 Å². The molecule has 0 aliphatic rings. The van der Waals surface area contributed by atoms with E-state index in [0.717, 1.165) is 22.6 Å². The standard InChI is InChI=1S/C16H20N2/c1-12(2)14-11-15(16(3,4)5)17-18(14)13-9-7-6-8-10-13/h6-11H,1H2,2-5H3. The fourth-order valence-electron chi connectivity index (χ4n) is 1.82. The Labute approximate surface area is 109 Å². The molecule has 0 radical (unpaired) electrons. The van der Waals surface area contributed by atoms with Crippen molar-refractivity contribution < 1.29 is 0 Å². The quantitative estimate of drug-likeness (QED) is 0.769. The first-order chi connectivity index (χ1) is 8.39. The van der Waals surface area contributed by atoms with Crippen LogP contribution in [0, 0.1) is 0 Å². The Kier molecular flexibility index (Phi) is 3.12. The minimum Gasteiger partial charge on any atom is -0.233 e. The van der Waals surface area contributed by atoms with Crippen molar-refractivity contribution in [2.45, 2.75) is 33.1 Å². The monoisotopic (exact) mass is 240 g/mol.